The number of alkyl halides is 1. The number of carbonyl (C=O) groups excluding carboxylic acids is 1. The van der Waals surface area contributed by atoms with Crippen molar-refractivity contribution in [2.75, 3.05) is 6.61 Å². The predicted octanol–water partition coefficient (Wildman–Crippen LogP) is 3.71. The molecule has 0 heterocycles. The smallest absolute Gasteiger partial charge is 0.336 e. The standard InChI is InChI=1S/C16H13ClO2/c1-2-19-15(18)16(17)13-9-5-3-7-11(13)12-8-4-6-10-14(12)16/h3-10H,2H2,1H3. The van der Waals surface area contributed by atoms with Crippen molar-refractivity contribution in [1.29, 1.82) is 0 Å². The Morgan fingerprint density at radius 3 is 2.00 bits per heavy atom. The summed E-state index contributed by atoms with van der Waals surface area (Å²) in [4.78, 5) is 11.1. The summed E-state index contributed by atoms with van der Waals surface area (Å²) in [7, 11) is 0. The molecule has 0 aliphatic heterocycles. The number of esters is 1. The summed E-state index contributed by atoms with van der Waals surface area (Å²) >= 11 is 6.69. The highest BCUT2D eigenvalue weighted by Crippen LogP contribution is 2.51. The molecule has 0 radical (unpaired) electrons. The molecular weight excluding hydrogens is 260 g/mol. The third kappa shape index (κ3) is 1.60. The van der Waals surface area contributed by atoms with Crippen molar-refractivity contribution in [3.63, 3.8) is 0 Å². The number of benzene rings is 2. The van der Waals surface area contributed by atoms with E-state index in [2.05, 4.69) is 0 Å². The molecule has 0 fully saturated rings. The van der Waals surface area contributed by atoms with E-state index in [4.69, 9.17) is 16.3 Å². The van der Waals surface area contributed by atoms with Crippen LogP contribution in [0.1, 0.15) is 18.1 Å². The molecule has 2 aromatic rings. The summed E-state index contributed by atoms with van der Waals surface area (Å²) < 4.78 is 5.17. The number of rotatable bonds is 2. The first-order chi connectivity index (χ1) is 9.19. The topological polar surface area (TPSA) is 26.3 Å². The van der Waals surface area contributed by atoms with E-state index < -0.39 is 10.8 Å². The molecule has 3 rings (SSSR count). The Morgan fingerprint density at radius 2 is 1.53 bits per heavy atom. The van der Waals surface area contributed by atoms with E-state index in [-0.39, 0.29) is 0 Å². The van der Waals surface area contributed by atoms with E-state index in [0.717, 1.165) is 22.3 Å². The van der Waals surface area contributed by atoms with Crippen molar-refractivity contribution in [2.24, 2.45) is 0 Å². The first-order valence-corrected chi connectivity index (χ1v) is 6.63. The second-order valence-electron chi connectivity index (χ2n) is 4.47. The lowest BCUT2D eigenvalue weighted by Gasteiger charge is -2.22. The predicted molar refractivity (Wildman–Crippen MR) is 75.1 cm³/mol. The highest BCUT2D eigenvalue weighted by molar-refractivity contribution is 6.38. The largest absolute Gasteiger partial charge is 0.464 e. The van der Waals surface area contributed by atoms with E-state index in [1.165, 1.54) is 0 Å². The number of carbonyl (C=O) groups is 1. The van der Waals surface area contributed by atoms with E-state index in [9.17, 15) is 4.79 Å². The molecule has 0 amide bonds. The van der Waals surface area contributed by atoms with Gasteiger partial charge in [-0.1, -0.05) is 60.1 Å². The molecule has 0 N–H and O–H groups in total. The van der Waals surface area contributed by atoms with E-state index >= 15 is 0 Å². The fourth-order valence-electron chi connectivity index (χ4n) is 2.63. The molecular formula is C16H13ClO2. The fraction of sp³-hybridized carbons (Fsp3) is 0.188. The van der Waals surface area contributed by atoms with E-state index in [1.54, 1.807) is 6.92 Å². The number of hydrogen-bond donors (Lipinski definition) is 0. The quantitative estimate of drug-likeness (QED) is 0.615. The van der Waals surface area contributed by atoms with Crippen LogP contribution in [0.2, 0.25) is 0 Å². The van der Waals surface area contributed by atoms with Crippen LogP contribution < -0.4 is 0 Å². The molecule has 19 heavy (non-hydrogen) atoms. The second kappa shape index (κ2) is 4.39. The zero-order chi connectivity index (χ0) is 13.5. The lowest BCUT2D eigenvalue weighted by Crippen LogP contribution is -2.31. The van der Waals surface area contributed by atoms with Gasteiger partial charge in [-0.2, -0.15) is 0 Å². The van der Waals surface area contributed by atoms with Crippen molar-refractivity contribution in [2.45, 2.75) is 11.8 Å². The molecule has 0 unspecified atom stereocenters. The van der Waals surface area contributed by atoms with Gasteiger partial charge in [0.25, 0.3) is 0 Å². The molecule has 0 bridgehead atoms. The van der Waals surface area contributed by atoms with Gasteiger partial charge in [0.1, 0.15) is 0 Å². The number of halogens is 1. The first kappa shape index (κ1) is 12.2. The van der Waals surface area contributed by atoms with Crippen molar-refractivity contribution in [3.05, 3.63) is 59.7 Å². The van der Waals surface area contributed by atoms with Gasteiger partial charge in [0.2, 0.25) is 0 Å². The molecule has 1 aliphatic carbocycles. The Kier molecular flexibility index (Phi) is 2.83. The molecule has 0 saturated carbocycles. The average Bonchev–Trinajstić information content (AvgIpc) is 2.72. The minimum Gasteiger partial charge on any atom is -0.464 e. The highest BCUT2D eigenvalue weighted by Gasteiger charge is 2.48. The molecule has 0 saturated heterocycles. The van der Waals surface area contributed by atoms with Crippen LogP contribution >= 0.6 is 11.6 Å². The lowest BCUT2D eigenvalue weighted by molar-refractivity contribution is -0.145. The van der Waals surface area contributed by atoms with Gasteiger partial charge in [-0.15, -0.1) is 0 Å². The lowest BCUT2D eigenvalue weighted by atomic mass is 9.96. The summed E-state index contributed by atoms with van der Waals surface area (Å²) in [6.07, 6.45) is 0. The molecule has 2 nitrogen and oxygen atoms in total. The third-order valence-electron chi connectivity index (χ3n) is 3.44. The van der Waals surface area contributed by atoms with Crippen LogP contribution in [0.5, 0.6) is 0 Å². The molecule has 0 aromatic heterocycles. The van der Waals surface area contributed by atoms with Crippen molar-refractivity contribution in [3.8, 4) is 11.1 Å². The van der Waals surface area contributed by atoms with Crippen LogP contribution in [0, 0.1) is 0 Å². The van der Waals surface area contributed by atoms with Crippen LogP contribution in [0.3, 0.4) is 0 Å². The van der Waals surface area contributed by atoms with Gasteiger partial charge < -0.3 is 4.74 Å². The van der Waals surface area contributed by atoms with E-state index in [0.29, 0.717) is 6.61 Å². The molecule has 0 spiro atoms. The summed E-state index contributed by atoms with van der Waals surface area (Å²) in [5.41, 5.74) is 3.61. The highest BCUT2D eigenvalue weighted by atomic mass is 35.5. The Hall–Kier alpha value is -1.80. The Balaban J connectivity index is 2.28. The molecule has 2 aromatic carbocycles. The van der Waals surface area contributed by atoms with Crippen molar-refractivity contribution in [1.82, 2.24) is 0 Å². The van der Waals surface area contributed by atoms with Crippen LogP contribution in [-0.4, -0.2) is 12.6 Å². The Labute approximate surface area is 117 Å². The zero-order valence-electron chi connectivity index (χ0n) is 10.5. The maximum absolute atomic E-state index is 12.3. The minimum atomic E-state index is -1.22. The van der Waals surface area contributed by atoms with Gasteiger partial charge in [-0.25, -0.2) is 4.79 Å². The molecule has 0 atom stereocenters. The Morgan fingerprint density at radius 1 is 1.05 bits per heavy atom. The normalized spacial score (nSPS) is 14.6. The molecule has 96 valence electrons. The van der Waals surface area contributed by atoms with Crippen LogP contribution in [0.4, 0.5) is 0 Å². The zero-order valence-corrected chi connectivity index (χ0v) is 11.3. The van der Waals surface area contributed by atoms with Gasteiger partial charge >= 0.3 is 5.97 Å². The van der Waals surface area contributed by atoms with Gasteiger partial charge in [0.05, 0.1) is 6.61 Å². The molecule has 1 aliphatic rings. The van der Waals surface area contributed by atoms with Gasteiger partial charge in [0, 0.05) is 0 Å². The van der Waals surface area contributed by atoms with Crippen molar-refractivity contribution >= 4 is 17.6 Å². The van der Waals surface area contributed by atoms with Crippen molar-refractivity contribution < 1.29 is 9.53 Å². The van der Waals surface area contributed by atoms with Crippen LogP contribution in [0.25, 0.3) is 11.1 Å². The fourth-order valence-corrected chi connectivity index (χ4v) is 3.02. The summed E-state index contributed by atoms with van der Waals surface area (Å²) in [6, 6.07) is 15.4. The summed E-state index contributed by atoms with van der Waals surface area (Å²) in [5.74, 6) is -0.408. The maximum atomic E-state index is 12.3. The SMILES string of the molecule is CCOC(=O)C1(Cl)c2ccccc2-c2ccccc21. The van der Waals surface area contributed by atoms with Gasteiger partial charge in [-0.05, 0) is 29.2 Å². The summed E-state index contributed by atoms with van der Waals surface area (Å²) in [6.45, 7) is 2.10. The van der Waals surface area contributed by atoms with Gasteiger partial charge in [0.15, 0.2) is 4.87 Å². The first-order valence-electron chi connectivity index (χ1n) is 6.25. The van der Waals surface area contributed by atoms with E-state index in [1.807, 2.05) is 48.5 Å². The molecule has 3 heteroatoms. The van der Waals surface area contributed by atoms with Gasteiger partial charge in [-0.3, -0.25) is 0 Å². The maximum Gasteiger partial charge on any atom is 0.336 e. The minimum absolute atomic E-state index is 0.317. The number of hydrogen-bond acceptors (Lipinski definition) is 2. The monoisotopic (exact) mass is 272 g/mol. The number of ether oxygens (including phenoxy) is 1. The summed E-state index contributed by atoms with van der Waals surface area (Å²) in [5, 5.41) is 0. The third-order valence-corrected chi connectivity index (χ3v) is 4.00. The number of fused-ring (bicyclic) bond motifs is 3. The Bertz CT molecular complexity index is 603. The average molecular weight is 273 g/mol. The van der Waals surface area contributed by atoms with Crippen LogP contribution in [0.15, 0.2) is 48.5 Å². The second-order valence-corrected chi connectivity index (χ2v) is 5.04. The van der Waals surface area contributed by atoms with Crippen LogP contribution in [-0.2, 0) is 14.4 Å².